The van der Waals surface area contributed by atoms with Crippen LogP contribution in [0.15, 0.2) is 42.5 Å². The summed E-state index contributed by atoms with van der Waals surface area (Å²) in [6, 6.07) is 10.3. The zero-order valence-electron chi connectivity index (χ0n) is 12.1. The fourth-order valence-electron chi connectivity index (χ4n) is 3.24. The molecule has 0 unspecified atom stereocenters. The van der Waals surface area contributed by atoms with Gasteiger partial charge in [-0.15, -0.1) is 0 Å². The quantitative estimate of drug-likeness (QED) is 0.771. The Balaban J connectivity index is 1.98. The molecule has 0 N–H and O–H groups in total. The van der Waals surface area contributed by atoms with E-state index in [-0.39, 0.29) is 18.3 Å². The van der Waals surface area contributed by atoms with Crippen LogP contribution in [-0.2, 0) is 19.8 Å². The van der Waals surface area contributed by atoms with Gasteiger partial charge in [-0.25, -0.2) is 0 Å². The lowest BCUT2D eigenvalue weighted by Crippen LogP contribution is -2.55. The summed E-state index contributed by atoms with van der Waals surface area (Å²) in [5.74, 6) is 0.289. The third-order valence-electron chi connectivity index (χ3n) is 4.14. The van der Waals surface area contributed by atoms with Gasteiger partial charge in [0.15, 0.2) is 6.29 Å². The molecule has 4 atom stereocenters. The number of hydrogen-bond acceptors (Lipinski definition) is 3. The van der Waals surface area contributed by atoms with Crippen molar-refractivity contribution in [1.29, 1.82) is 0 Å². The molecule has 2 bridgehead atoms. The van der Waals surface area contributed by atoms with Crippen LogP contribution in [0.4, 0.5) is 0 Å². The molecule has 1 aromatic carbocycles. The monoisotopic (exact) mass is 274 g/mol. The molecule has 3 nitrogen and oxygen atoms in total. The lowest BCUT2D eigenvalue weighted by molar-refractivity contribution is -0.287. The minimum atomic E-state index is -0.508. The maximum Gasteiger partial charge on any atom is 0.165 e. The molecule has 0 amide bonds. The third kappa shape index (κ3) is 2.20. The second-order valence-electron chi connectivity index (χ2n) is 5.30. The van der Waals surface area contributed by atoms with Crippen LogP contribution in [0.2, 0.25) is 0 Å². The second kappa shape index (κ2) is 5.68. The van der Waals surface area contributed by atoms with Crippen molar-refractivity contribution in [3.8, 4) is 0 Å². The summed E-state index contributed by atoms with van der Waals surface area (Å²) in [4.78, 5) is 0. The zero-order chi connectivity index (χ0) is 14.0. The second-order valence-corrected chi connectivity index (χ2v) is 5.30. The van der Waals surface area contributed by atoms with Gasteiger partial charge in [0.25, 0.3) is 0 Å². The van der Waals surface area contributed by atoms with E-state index in [2.05, 4.69) is 24.3 Å². The summed E-state index contributed by atoms with van der Waals surface area (Å²) in [6.45, 7) is 5.40. The molecule has 0 aromatic heterocycles. The van der Waals surface area contributed by atoms with E-state index >= 15 is 0 Å². The minimum Gasteiger partial charge on any atom is -0.375 e. The number of rotatable bonds is 5. The molecule has 0 saturated carbocycles. The van der Waals surface area contributed by atoms with Gasteiger partial charge in [0.2, 0.25) is 0 Å². The Morgan fingerprint density at radius 2 is 1.90 bits per heavy atom. The highest BCUT2D eigenvalue weighted by molar-refractivity contribution is 5.33. The van der Waals surface area contributed by atoms with Gasteiger partial charge in [0, 0.05) is 19.1 Å². The topological polar surface area (TPSA) is 27.7 Å². The van der Waals surface area contributed by atoms with Crippen molar-refractivity contribution in [3.05, 3.63) is 48.0 Å². The Kier molecular flexibility index (Phi) is 3.92. The molecule has 1 fully saturated rings. The highest BCUT2D eigenvalue weighted by atomic mass is 16.7. The molecule has 0 radical (unpaired) electrons. The van der Waals surface area contributed by atoms with E-state index in [1.54, 1.807) is 0 Å². The average molecular weight is 274 g/mol. The lowest BCUT2D eigenvalue weighted by atomic mass is 9.74. The van der Waals surface area contributed by atoms with Gasteiger partial charge in [0.1, 0.15) is 5.60 Å². The van der Waals surface area contributed by atoms with Gasteiger partial charge in [0.05, 0.1) is 6.10 Å². The van der Waals surface area contributed by atoms with Crippen molar-refractivity contribution in [2.45, 2.75) is 38.3 Å². The first kappa shape index (κ1) is 13.8. The van der Waals surface area contributed by atoms with E-state index in [0.717, 1.165) is 12.0 Å². The first-order valence-corrected chi connectivity index (χ1v) is 7.46. The minimum absolute atomic E-state index is 0.0570. The summed E-state index contributed by atoms with van der Waals surface area (Å²) in [5.41, 5.74) is 0.629. The molecule has 2 heterocycles. The number of hydrogen-bond donors (Lipinski definition) is 0. The van der Waals surface area contributed by atoms with E-state index in [0.29, 0.717) is 13.2 Å². The van der Waals surface area contributed by atoms with Gasteiger partial charge in [-0.1, -0.05) is 36.4 Å². The standard InChI is InChI=1S/C17H22O3/c1-3-18-15-12-13-10-11-17(15,20-16(13)19-4-2)14-8-6-5-7-9-14/h5-11,13,15-16H,3-4,12H2,1-2H3/t13-,15+,16+,17-/m1/s1. The van der Waals surface area contributed by atoms with Crippen LogP contribution in [0, 0.1) is 5.92 Å². The van der Waals surface area contributed by atoms with Crippen LogP contribution >= 0.6 is 0 Å². The Morgan fingerprint density at radius 3 is 2.60 bits per heavy atom. The average Bonchev–Trinajstić information content (AvgIpc) is 2.50. The molecule has 2 aliphatic heterocycles. The van der Waals surface area contributed by atoms with Crippen LogP contribution in [0.5, 0.6) is 0 Å². The normalized spacial score (nSPS) is 35.4. The van der Waals surface area contributed by atoms with E-state index < -0.39 is 5.60 Å². The Morgan fingerprint density at radius 1 is 1.15 bits per heavy atom. The molecule has 4 rings (SSSR count). The van der Waals surface area contributed by atoms with Crippen molar-refractivity contribution >= 4 is 0 Å². The summed E-state index contributed by atoms with van der Waals surface area (Å²) < 4.78 is 18.1. The van der Waals surface area contributed by atoms with Crippen molar-refractivity contribution < 1.29 is 14.2 Å². The van der Waals surface area contributed by atoms with Crippen LogP contribution in [-0.4, -0.2) is 25.6 Å². The summed E-state index contributed by atoms with van der Waals surface area (Å²) in [5, 5.41) is 0. The van der Waals surface area contributed by atoms with Crippen LogP contribution in [0.1, 0.15) is 25.8 Å². The highest BCUT2D eigenvalue weighted by Crippen LogP contribution is 2.47. The third-order valence-corrected chi connectivity index (χ3v) is 4.14. The summed E-state index contributed by atoms with van der Waals surface area (Å²) in [7, 11) is 0. The van der Waals surface area contributed by atoms with Crippen LogP contribution < -0.4 is 0 Å². The molecule has 1 aromatic rings. The molecule has 0 spiro atoms. The first-order chi connectivity index (χ1) is 9.80. The number of fused-ring (bicyclic) bond motifs is 2. The summed E-state index contributed by atoms with van der Waals surface area (Å²) in [6.07, 6.45) is 5.23. The fraction of sp³-hybridized carbons (Fsp3) is 0.529. The Hall–Kier alpha value is -1.16. The molecule has 3 heteroatoms. The van der Waals surface area contributed by atoms with E-state index in [9.17, 15) is 0 Å². The van der Waals surface area contributed by atoms with E-state index in [1.807, 2.05) is 32.0 Å². The highest BCUT2D eigenvalue weighted by Gasteiger charge is 2.52. The maximum absolute atomic E-state index is 6.33. The first-order valence-electron chi connectivity index (χ1n) is 7.46. The Labute approximate surface area is 120 Å². The molecular weight excluding hydrogens is 252 g/mol. The van der Waals surface area contributed by atoms with Crippen LogP contribution in [0.3, 0.4) is 0 Å². The van der Waals surface area contributed by atoms with Crippen molar-refractivity contribution in [2.24, 2.45) is 5.92 Å². The molecule has 20 heavy (non-hydrogen) atoms. The molecule has 108 valence electrons. The molecule has 1 aliphatic carbocycles. The molecule has 1 saturated heterocycles. The number of benzene rings is 1. The van der Waals surface area contributed by atoms with Crippen LogP contribution in [0.25, 0.3) is 0 Å². The predicted octanol–water partition coefficient (Wildman–Crippen LogP) is 3.26. The molecule has 3 aliphatic rings. The van der Waals surface area contributed by atoms with Crippen molar-refractivity contribution in [2.75, 3.05) is 13.2 Å². The largest absolute Gasteiger partial charge is 0.375 e. The van der Waals surface area contributed by atoms with Gasteiger partial charge in [-0.2, -0.15) is 0 Å². The van der Waals surface area contributed by atoms with Crippen molar-refractivity contribution in [3.63, 3.8) is 0 Å². The molecular formula is C17H22O3. The summed E-state index contributed by atoms with van der Waals surface area (Å²) >= 11 is 0. The zero-order valence-corrected chi connectivity index (χ0v) is 12.1. The van der Waals surface area contributed by atoms with Gasteiger partial charge in [-0.3, -0.25) is 0 Å². The van der Waals surface area contributed by atoms with E-state index in [4.69, 9.17) is 14.2 Å². The Bertz CT molecular complexity index is 470. The smallest absolute Gasteiger partial charge is 0.165 e. The number of ether oxygens (including phenoxy) is 3. The fourth-order valence-corrected chi connectivity index (χ4v) is 3.24. The maximum atomic E-state index is 6.33. The van der Waals surface area contributed by atoms with Crippen molar-refractivity contribution in [1.82, 2.24) is 0 Å². The van der Waals surface area contributed by atoms with Gasteiger partial charge < -0.3 is 14.2 Å². The van der Waals surface area contributed by atoms with Gasteiger partial charge >= 0.3 is 0 Å². The SMILES string of the molecule is CCO[C@H]1O[C@@]2(c3ccccc3)C=C[C@@H]1C[C@@H]2OCC. The van der Waals surface area contributed by atoms with Gasteiger partial charge in [-0.05, 0) is 31.9 Å². The predicted molar refractivity (Wildman–Crippen MR) is 77.3 cm³/mol. The lowest BCUT2D eigenvalue weighted by Gasteiger charge is -2.51. The van der Waals surface area contributed by atoms with E-state index in [1.165, 1.54) is 0 Å².